The van der Waals surface area contributed by atoms with E-state index in [0.717, 1.165) is 6.54 Å². The van der Waals surface area contributed by atoms with Crippen LogP contribution in [0.25, 0.3) is 0 Å². The summed E-state index contributed by atoms with van der Waals surface area (Å²) in [5, 5.41) is 6.34. The molecule has 0 spiro atoms. The molecule has 0 heterocycles. The Labute approximate surface area is 134 Å². The van der Waals surface area contributed by atoms with E-state index in [1.807, 2.05) is 27.7 Å². The highest BCUT2D eigenvalue weighted by Crippen LogP contribution is 1.97. The van der Waals surface area contributed by atoms with Crippen molar-refractivity contribution in [2.75, 3.05) is 25.4 Å². The minimum absolute atomic E-state index is 0. The number of aliphatic imine (C=N–C) groups is 1. The zero-order chi connectivity index (χ0) is 14.2. The van der Waals surface area contributed by atoms with Crippen molar-refractivity contribution in [1.29, 1.82) is 0 Å². The maximum atomic E-state index is 11.2. The van der Waals surface area contributed by atoms with Gasteiger partial charge in [-0.2, -0.15) is 0 Å². The van der Waals surface area contributed by atoms with E-state index in [1.165, 1.54) is 0 Å². The van der Waals surface area contributed by atoms with Crippen molar-refractivity contribution in [2.45, 2.75) is 40.2 Å². The molecule has 0 saturated carbocycles. The standard InChI is InChI=1S/C11H26N4O2S.HI/c1-6-12-10(15-11(3,4)5)13-8-9-14-18(16,17)7-2;/h14H,6-9H2,1-5H3,(H2,12,13,15);1H. The average molecular weight is 406 g/mol. The maximum absolute atomic E-state index is 11.2. The maximum Gasteiger partial charge on any atom is 0.211 e. The Kier molecular flexibility index (Phi) is 10.9. The Morgan fingerprint density at radius 2 is 1.79 bits per heavy atom. The molecule has 3 N–H and O–H groups in total. The molecule has 0 rings (SSSR count). The number of sulfonamides is 1. The van der Waals surface area contributed by atoms with Crippen LogP contribution in [0.1, 0.15) is 34.6 Å². The van der Waals surface area contributed by atoms with E-state index < -0.39 is 10.0 Å². The van der Waals surface area contributed by atoms with Gasteiger partial charge in [-0.15, -0.1) is 24.0 Å². The first-order chi connectivity index (χ1) is 8.20. The first kappa shape index (κ1) is 21.2. The summed E-state index contributed by atoms with van der Waals surface area (Å²) in [6.45, 7) is 11.2. The van der Waals surface area contributed by atoms with Crippen LogP contribution < -0.4 is 15.4 Å². The largest absolute Gasteiger partial charge is 0.357 e. The summed E-state index contributed by atoms with van der Waals surface area (Å²) in [4.78, 5) is 4.30. The molecule has 6 nitrogen and oxygen atoms in total. The normalized spacial score (nSPS) is 12.8. The van der Waals surface area contributed by atoms with E-state index in [4.69, 9.17) is 0 Å². The molecule has 0 aromatic carbocycles. The first-order valence-corrected chi connectivity index (χ1v) is 7.89. The fourth-order valence-electron chi connectivity index (χ4n) is 1.13. The zero-order valence-corrected chi connectivity index (χ0v) is 15.6. The van der Waals surface area contributed by atoms with E-state index in [-0.39, 0.29) is 35.3 Å². The van der Waals surface area contributed by atoms with Gasteiger partial charge < -0.3 is 10.6 Å². The third kappa shape index (κ3) is 12.7. The summed E-state index contributed by atoms with van der Waals surface area (Å²) in [7, 11) is -3.12. The van der Waals surface area contributed by atoms with Crippen molar-refractivity contribution in [3.8, 4) is 0 Å². The van der Waals surface area contributed by atoms with Crippen molar-refractivity contribution in [3.05, 3.63) is 0 Å². The van der Waals surface area contributed by atoms with Crippen LogP contribution in [0.15, 0.2) is 4.99 Å². The fourth-order valence-corrected chi connectivity index (χ4v) is 1.74. The Morgan fingerprint density at radius 1 is 1.21 bits per heavy atom. The number of nitrogens with zero attached hydrogens (tertiary/aromatic N) is 1. The highest BCUT2D eigenvalue weighted by atomic mass is 127. The number of rotatable bonds is 6. The minimum Gasteiger partial charge on any atom is -0.357 e. The molecule has 8 heteroatoms. The monoisotopic (exact) mass is 406 g/mol. The van der Waals surface area contributed by atoms with Gasteiger partial charge in [-0.1, -0.05) is 0 Å². The first-order valence-electron chi connectivity index (χ1n) is 6.24. The van der Waals surface area contributed by atoms with E-state index >= 15 is 0 Å². The van der Waals surface area contributed by atoms with Gasteiger partial charge in [-0.25, -0.2) is 13.1 Å². The second-order valence-electron chi connectivity index (χ2n) is 4.93. The summed E-state index contributed by atoms with van der Waals surface area (Å²) in [5.74, 6) is 0.789. The van der Waals surface area contributed by atoms with Crippen molar-refractivity contribution in [3.63, 3.8) is 0 Å². The second kappa shape index (κ2) is 9.76. The van der Waals surface area contributed by atoms with Crippen molar-refractivity contribution < 1.29 is 8.42 Å². The highest BCUT2D eigenvalue weighted by Gasteiger charge is 2.11. The van der Waals surface area contributed by atoms with Gasteiger partial charge in [0, 0.05) is 18.6 Å². The van der Waals surface area contributed by atoms with Gasteiger partial charge in [0.15, 0.2) is 5.96 Å². The molecular formula is C11H27IN4O2S. The molecule has 0 aromatic heterocycles. The van der Waals surface area contributed by atoms with E-state index in [9.17, 15) is 8.42 Å². The third-order valence-corrected chi connectivity index (χ3v) is 3.33. The number of hydrogen-bond acceptors (Lipinski definition) is 3. The van der Waals surface area contributed by atoms with E-state index in [0.29, 0.717) is 19.0 Å². The molecule has 116 valence electrons. The Balaban J connectivity index is 0. The van der Waals surface area contributed by atoms with Crippen LogP contribution in [0.2, 0.25) is 0 Å². The summed E-state index contributed by atoms with van der Waals surface area (Å²) in [6, 6.07) is 0. The van der Waals surface area contributed by atoms with E-state index in [1.54, 1.807) is 6.92 Å². The predicted octanol–water partition coefficient (Wildman–Crippen LogP) is 0.897. The number of nitrogens with one attached hydrogen (secondary N) is 3. The van der Waals surface area contributed by atoms with Crippen LogP contribution in [0, 0.1) is 0 Å². The lowest BCUT2D eigenvalue weighted by Gasteiger charge is -2.23. The summed E-state index contributed by atoms with van der Waals surface area (Å²) in [6.07, 6.45) is 0. The molecule has 0 unspecified atom stereocenters. The van der Waals surface area contributed by atoms with Crippen LogP contribution in [-0.2, 0) is 10.0 Å². The predicted molar refractivity (Wildman–Crippen MR) is 91.7 cm³/mol. The smallest absolute Gasteiger partial charge is 0.211 e. The number of hydrogen-bond donors (Lipinski definition) is 3. The SMILES string of the molecule is CCNC(=NCCNS(=O)(=O)CC)NC(C)(C)C.I. The lowest BCUT2D eigenvalue weighted by Crippen LogP contribution is -2.47. The molecule has 0 atom stereocenters. The third-order valence-electron chi connectivity index (χ3n) is 1.92. The number of halogens is 1. The molecule has 19 heavy (non-hydrogen) atoms. The van der Waals surface area contributed by atoms with Gasteiger partial charge in [0.05, 0.1) is 12.3 Å². The summed E-state index contributed by atoms with van der Waals surface area (Å²) < 4.78 is 24.9. The lowest BCUT2D eigenvalue weighted by molar-refractivity contribution is 0.501. The van der Waals surface area contributed by atoms with Gasteiger partial charge in [0.25, 0.3) is 0 Å². The quantitative estimate of drug-likeness (QED) is 0.265. The molecule has 0 fully saturated rings. The zero-order valence-electron chi connectivity index (χ0n) is 12.4. The Morgan fingerprint density at radius 3 is 2.21 bits per heavy atom. The second-order valence-corrected chi connectivity index (χ2v) is 7.03. The van der Waals surface area contributed by atoms with Gasteiger partial charge in [0.1, 0.15) is 0 Å². The molecule has 0 aliphatic carbocycles. The lowest BCUT2D eigenvalue weighted by atomic mass is 10.1. The van der Waals surface area contributed by atoms with Crippen molar-refractivity contribution >= 4 is 40.0 Å². The Hall–Kier alpha value is -0.0900. The number of guanidine groups is 1. The van der Waals surface area contributed by atoms with Crippen molar-refractivity contribution in [1.82, 2.24) is 15.4 Å². The van der Waals surface area contributed by atoms with Crippen LogP contribution in [0.5, 0.6) is 0 Å². The van der Waals surface area contributed by atoms with Crippen LogP contribution in [-0.4, -0.2) is 45.3 Å². The van der Waals surface area contributed by atoms with Crippen molar-refractivity contribution in [2.24, 2.45) is 4.99 Å². The molecule has 0 amide bonds. The van der Waals surface area contributed by atoms with Gasteiger partial charge in [0.2, 0.25) is 10.0 Å². The molecule has 0 bridgehead atoms. The van der Waals surface area contributed by atoms with Crippen LogP contribution in [0.4, 0.5) is 0 Å². The minimum atomic E-state index is -3.12. The Bertz CT molecular complexity index is 363. The summed E-state index contributed by atoms with van der Waals surface area (Å²) >= 11 is 0. The van der Waals surface area contributed by atoms with E-state index in [2.05, 4.69) is 20.3 Å². The van der Waals surface area contributed by atoms with Gasteiger partial charge in [-0.3, -0.25) is 4.99 Å². The fraction of sp³-hybridized carbons (Fsp3) is 0.909. The van der Waals surface area contributed by atoms with Crippen LogP contribution in [0.3, 0.4) is 0 Å². The molecule has 0 radical (unpaired) electrons. The van der Waals surface area contributed by atoms with Gasteiger partial charge >= 0.3 is 0 Å². The topological polar surface area (TPSA) is 82.6 Å². The molecule has 0 saturated heterocycles. The molecule has 0 aliphatic heterocycles. The summed E-state index contributed by atoms with van der Waals surface area (Å²) in [5.41, 5.74) is -0.0794. The van der Waals surface area contributed by atoms with Crippen LogP contribution >= 0.6 is 24.0 Å². The average Bonchev–Trinajstić information content (AvgIpc) is 2.22. The highest BCUT2D eigenvalue weighted by molar-refractivity contribution is 14.0. The molecular weight excluding hydrogens is 379 g/mol. The van der Waals surface area contributed by atoms with Gasteiger partial charge in [-0.05, 0) is 34.6 Å². The molecule has 0 aliphatic rings. The molecule has 0 aromatic rings.